The van der Waals surface area contributed by atoms with Gasteiger partial charge in [0.15, 0.2) is 0 Å². The number of primary amides is 1. The van der Waals surface area contributed by atoms with Gasteiger partial charge in [-0.3, -0.25) is 14.5 Å². The van der Waals surface area contributed by atoms with Crippen molar-refractivity contribution in [2.75, 3.05) is 0 Å². The Kier molecular flexibility index (Phi) is 8.84. The minimum absolute atomic E-state index is 0.0676. The van der Waals surface area contributed by atoms with E-state index in [0.717, 1.165) is 18.4 Å². The number of hydrogen-bond acceptors (Lipinski definition) is 4. The molecule has 7 heteroatoms. The summed E-state index contributed by atoms with van der Waals surface area (Å²) in [6, 6.07) is 6.63. The number of nitrogens with two attached hydrogens (primary N) is 1. The van der Waals surface area contributed by atoms with E-state index in [4.69, 9.17) is 10.5 Å². The summed E-state index contributed by atoms with van der Waals surface area (Å²) in [4.78, 5) is 40.2. The monoisotopic (exact) mass is 485 g/mol. The minimum atomic E-state index is -0.854. The maximum atomic E-state index is 13.4. The zero-order valence-corrected chi connectivity index (χ0v) is 22.0. The lowest BCUT2D eigenvalue weighted by Gasteiger charge is -2.43. The number of ether oxygens (including phenoxy) is 1. The van der Waals surface area contributed by atoms with Gasteiger partial charge in [0.2, 0.25) is 11.8 Å². The molecule has 194 valence electrons. The average Bonchev–Trinajstić information content (AvgIpc) is 2.79. The molecule has 1 aliphatic heterocycles. The van der Waals surface area contributed by atoms with Crippen LogP contribution < -0.4 is 11.1 Å². The van der Waals surface area contributed by atoms with Crippen molar-refractivity contribution >= 4 is 17.9 Å². The van der Waals surface area contributed by atoms with Gasteiger partial charge >= 0.3 is 6.09 Å². The molecule has 0 radical (unpaired) electrons. The van der Waals surface area contributed by atoms with Crippen LogP contribution in [0.4, 0.5) is 4.79 Å². The predicted octanol–water partition coefficient (Wildman–Crippen LogP) is 4.67. The Morgan fingerprint density at radius 1 is 1.03 bits per heavy atom. The minimum Gasteiger partial charge on any atom is -0.444 e. The summed E-state index contributed by atoms with van der Waals surface area (Å²) in [7, 11) is 0. The fourth-order valence-electron chi connectivity index (χ4n) is 5.42. The molecular formula is C28H43N3O4. The van der Waals surface area contributed by atoms with E-state index in [0.29, 0.717) is 12.3 Å². The highest BCUT2D eigenvalue weighted by molar-refractivity contribution is 5.91. The quantitative estimate of drug-likeness (QED) is 0.611. The van der Waals surface area contributed by atoms with Crippen LogP contribution in [-0.2, 0) is 20.7 Å². The molecule has 1 heterocycles. The molecular weight excluding hydrogens is 442 g/mol. The van der Waals surface area contributed by atoms with Gasteiger partial charge in [-0.2, -0.15) is 0 Å². The van der Waals surface area contributed by atoms with Crippen molar-refractivity contribution in [1.29, 1.82) is 0 Å². The van der Waals surface area contributed by atoms with Gasteiger partial charge in [0, 0.05) is 12.5 Å². The van der Waals surface area contributed by atoms with E-state index in [9.17, 15) is 14.4 Å². The topological polar surface area (TPSA) is 102 Å². The van der Waals surface area contributed by atoms with Gasteiger partial charge in [-0.15, -0.1) is 0 Å². The van der Waals surface area contributed by atoms with E-state index in [2.05, 4.69) is 17.4 Å². The standard InChI is InChI=1S/C28H43N3O4/c1-18-11-12-19(2)31(27(34)35-28(3,4)5)24(18)26(33)30-23(25(29)32)17-20-13-15-22(16-14-20)21-9-7-6-8-10-21/h13-16,18-19,21,23-24H,6-12,17H2,1-5H3,(H2,29,32)(H,30,33)/t18-,19+,23+,24+/m1/s1. The first-order valence-electron chi connectivity index (χ1n) is 13.2. The van der Waals surface area contributed by atoms with Crippen molar-refractivity contribution in [3.63, 3.8) is 0 Å². The van der Waals surface area contributed by atoms with Crippen LogP contribution >= 0.6 is 0 Å². The van der Waals surface area contributed by atoms with Gasteiger partial charge in [0.25, 0.3) is 0 Å². The lowest BCUT2D eigenvalue weighted by molar-refractivity contribution is -0.134. The molecule has 1 saturated carbocycles. The van der Waals surface area contributed by atoms with Crippen molar-refractivity contribution < 1.29 is 19.1 Å². The molecule has 3 rings (SSSR count). The highest BCUT2D eigenvalue weighted by Gasteiger charge is 2.43. The molecule has 2 aliphatic rings. The maximum absolute atomic E-state index is 13.4. The van der Waals surface area contributed by atoms with Crippen LogP contribution in [0.25, 0.3) is 0 Å². The first-order chi connectivity index (χ1) is 16.5. The van der Waals surface area contributed by atoms with Crippen LogP contribution in [0.1, 0.15) is 96.6 Å². The molecule has 35 heavy (non-hydrogen) atoms. The molecule has 3 N–H and O–H groups in total. The van der Waals surface area contributed by atoms with Crippen LogP contribution in [0.2, 0.25) is 0 Å². The highest BCUT2D eigenvalue weighted by Crippen LogP contribution is 2.33. The average molecular weight is 486 g/mol. The van der Waals surface area contributed by atoms with Crippen LogP contribution in [0.3, 0.4) is 0 Å². The van der Waals surface area contributed by atoms with E-state index in [1.807, 2.05) is 26.0 Å². The largest absolute Gasteiger partial charge is 0.444 e. The second kappa shape index (κ2) is 11.4. The summed E-state index contributed by atoms with van der Waals surface area (Å²) in [6.07, 6.45) is 7.73. The van der Waals surface area contributed by atoms with Crippen LogP contribution in [0, 0.1) is 5.92 Å². The Morgan fingerprint density at radius 2 is 1.66 bits per heavy atom. The number of benzene rings is 1. The normalized spacial score (nSPS) is 24.5. The fraction of sp³-hybridized carbons (Fsp3) is 0.679. The number of nitrogens with zero attached hydrogens (tertiary/aromatic N) is 1. The van der Waals surface area contributed by atoms with Gasteiger partial charge in [-0.25, -0.2) is 4.79 Å². The van der Waals surface area contributed by atoms with Gasteiger partial charge < -0.3 is 15.8 Å². The molecule has 1 aliphatic carbocycles. The highest BCUT2D eigenvalue weighted by atomic mass is 16.6. The summed E-state index contributed by atoms with van der Waals surface area (Å²) < 4.78 is 5.60. The van der Waals surface area contributed by atoms with E-state index in [-0.39, 0.29) is 17.9 Å². The lowest BCUT2D eigenvalue weighted by Crippen LogP contribution is -2.61. The third-order valence-electron chi connectivity index (χ3n) is 7.38. The number of piperidine rings is 1. The molecule has 0 spiro atoms. The Morgan fingerprint density at radius 3 is 2.23 bits per heavy atom. The van der Waals surface area contributed by atoms with E-state index in [1.54, 1.807) is 20.8 Å². The predicted molar refractivity (Wildman–Crippen MR) is 137 cm³/mol. The SMILES string of the molecule is C[C@@H]1CC[C@H](C)N(C(=O)OC(C)(C)C)[C@@H]1C(=O)N[C@@H](Cc1ccc(C2CCCCC2)cc1)C(N)=O. The second-order valence-electron chi connectivity index (χ2n) is 11.5. The smallest absolute Gasteiger partial charge is 0.411 e. The van der Waals surface area contributed by atoms with Crippen molar-refractivity contribution in [2.45, 2.75) is 116 Å². The Hall–Kier alpha value is -2.57. The maximum Gasteiger partial charge on any atom is 0.411 e. The van der Waals surface area contributed by atoms with Crippen LogP contribution in [-0.4, -0.2) is 46.5 Å². The first-order valence-corrected chi connectivity index (χ1v) is 13.2. The molecule has 1 aromatic rings. The number of likely N-dealkylation sites (tertiary alicyclic amines) is 1. The third-order valence-corrected chi connectivity index (χ3v) is 7.38. The summed E-state index contributed by atoms with van der Waals surface area (Å²) in [5.41, 5.74) is 7.31. The van der Waals surface area contributed by atoms with Crippen molar-refractivity contribution in [3.8, 4) is 0 Å². The molecule has 1 aromatic carbocycles. The zero-order valence-electron chi connectivity index (χ0n) is 22.0. The molecule has 4 atom stereocenters. The summed E-state index contributed by atoms with van der Waals surface area (Å²) in [5.74, 6) is -0.410. The molecule has 1 saturated heterocycles. The Bertz CT molecular complexity index is 886. The van der Waals surface area contributed by atoms with Crippen molar-refractivity contribution in [3.05, 3.63) is 35.4 Å². The second-order valence-corrected chi connectivity index (χ2v) is 11.5. The number of hydrogen-bond donors (Lipinski definition) is 2. The molecule has 0 unspecified atom stereocenters. The number of carbonyl (C=O) groups is 3. The van der Waals surface area contributed by atoms with Gasteiger partial charge in [-0.1, -0.05) is 50.5 Å². The van der Waals surface area contributed by atoms with E-state index < -0.39 is 29.7 Å². The van der Waals surface area contributed by atoms with E-state index >= 15 is 0 Å². The Labute approximate surface area is 210 Å². The Balaban J connectivity index is 1.71. The molecule has 0 bridgehead atoms. The van der Waals surface area contributed by atoms with Crippen LogP contribution in [0.15, 0.2) is 24.3 Å². The number of amides is 3. The zero-order chi connectivity index (χ0) is 25.8. The fourth-order valence-corrected chi connectivity index (χ4v) is 5.42. The molecule has 7 nitrogen and oxygen atoms in total. The summed E-state index contributed by atoms with van der Waals surface area (Å²) >= 11 is 0. The number of nitrogens with one attached hydrogen (secondary N) is 1. The number of carbonyl (C=O) groups excluding carboxylic acids is 3. The van der Waals surface area contributed by atoms with Gasteiger partial charge in [0.1, 0.15) is 17.7 Å². The van der Waals surface area contributed by atoms with E-state index in [1.165, 1.54) is 42.6 Å². The number of rotatable bonds is 6. The summed E-state index contributed by atoms with van der Waals surface area (Å²) in [5, 5.41) is 2.85. The molecule has 0 aromatic heterocycles. The van der Waals surface area contributed by atoms with Gasteiger partial charge in [0.05, 0.1) is 0 Å². The summed E-state index contributed by atoms with van der Waals surface area (Å²) in [6.45, 7) is 9.30. The molecule has 3 amide bonds. The lowest BCUT2D eigenvalue weighted by atomic mass is 9.84. The third kappa shape index (κ3) is 7.21. The van der Waals surface area contributed by atoms with Gasteiger partial charge in [-0.05, 0) is 76.3 Å². The van der Waals surface area contributed by atoms with Crippen molar-refractivity contribution in [1.82, 2.24) is 10.2 Å². The molecule has 2 fully saturated rings. The van der Waals surface area contributed by atoms with Crippen LogP contribution in [0.5, 0.6) is 0 Å². The first kappa shape index (κ1) is 27.0. The van der Waals surface area contributed by atoms with Crippen molar-refractivity contribution in [2.24, 2.45) is 11.7 Å².